The van der Waals surface area contributed by atoms with E-state index in [-0.39, 0.29) is 0 Å². The Labute approximate surface area is 126 Å². The second-order valence-corrected chi connectivity index (χ2v) is 5.13. The van der Waals surface area contributed by atoms with Gasteiger partial charge in [-0.25, -0.2) is 0 Å². The Balaban J connectivity index is 1.90. The van der Waals surface area contributed by atoms with Gasteiger partial charge in [0.15, 0.2) is 0 Å². The Hall–Kier alpha value is -1.85. The number of ether oxygens (including phenoxy) is 1. The van der Waals surface area contributed by atoms with Gasteiger partial charge in [-0.15, -0.1) is 0 Å². The molecule has 0 aliphatic carbocycles. The topological polar surface area (TPSA) is 65.1 Å². The SMILES string of the molecule is COCC(CCCN)Nc1ccc(Cn2cccn2)cc1. The standard InChI is InChI=1S/C16H24N4O/c1-21-13-16(4-2-9-17)19-15-7-5-14(6-8-15)12-20-11-3-10-18-20/h3,5-8,10-11,16,19H,2,4,9,12-13,17H2,1H3. The average molecular weight is 288 g/mol. The van der Waals surface area contributed by atoms with Crippen LogP contribution in [0.5, 0.6) is 0 Å². The molecule has 0 aliphatic heterocycles. The van der Waals surface area contributed by atoms with Crippen molar-refractivity contribution in [2.45, 2.75) is 25.4 Å². The van der Waals surface area contributed by atoms with Gasteiger partial charge in [0.2, 0.25) is 0 Å². The van der Waals surface area contributed by atoms with Gasteiger partial charge in [0.1, 0.15) is 0 Å². The Morgan fingerprint density at radius 2 is 2.14 bits per heavy atom. The smallest absolute Gasteiger partial charge is 0.0664 e. The van der Waals surface area contributed by atoms with Gasteiger partial charge in [-0.2, -0.15) is 5.10 Å². The minimum Gasteiger partial charge on any atom is -0.383 e. The molecule has 0 saturated heterocycles. The predicted octanol–water partition coefficient (Wildman–Crippen LogP) is 2.10. The number of hydrogen-bond donors (Lipinski definition) is 2. The summed E-state index contributed by atoms with van der Waals surface area (Å²) in [5, 5.41) is 7.71. The normalized spacial score (nSPS) is 12.3. The molecule has 1 atom stereocenters. The zero-order valence-corrected chi connectivity index (χ0v) is 12.5. The third kappa shape index (κ3) is 5.21. The monoisotopic (exact) mass is 288 g/mol. The zero-order valence-electron chi connectivity index (χ0n) is 12.5. The fourth-order valence-electron chi connectivity index (χ4n) is 2.29. The number of nitrogens with two attached hydrogens (primary N) is 1. The number of nitrogens with zero attached hydrogens (tertiary/aromatic N) is 2. The van der Waals surface area contributed by atoms with Crippen LogP contribution in [-0.2, 0) is 11.3 Å². The first-order chi connectivity index (χ1) is 10.3. The van der Waals surface area contributed by atoms with Gasteiger partial charge in [-0.3, -0.25) is 4.68 Å². The first-order valence-corrected chi connectivity index (χ1v) is 7.33. The van der Waals surface area contributed by atoms with Gasteiger partial charge in [-0.1, -0.05) is 12.1 Å². The van der Waals surface area contributed by atoms with Gasteiger partial charge >= 0.3 is 0 Å². The molecule has 0 spiro atoms. The molecule has 0 radical (unpaired) electrons. The lowest BCUT2D eigenvalue weighted by molar-refractivity contribution is 0.182. The van der Waals surface area contributed by atoms with Crippen molar-refractivity contribution < 1.29 is 4.74 Å². The van der Waals surface area contributed by atoms with Crippen LogP contribution in [0.2, 0.25) is 0 Å². The minimum atomic E-state index is 0.301. The number of aromatic nitrogens is 2. The van der Waals surface area contributed by atoms with E-state index >= 15 is 0 Å². The summed E-state index contributed by atoms with van der Waals surface area (Å²) in [5.74, 6) is 0. The molecule has 1 unspecified atom stereocenters. The molecular weight excluding hydrogens is 264 g/mol. The maximum absolute atomic E-state index is 5.57. The largest absolute Gasteiger partial charge is 0.383 e. The molecule has 21 heavy (non-hydrogen) atoms. The van der Waals surface area contributed by atoms with Crippen molar-refractivity contribution in [3.05, 3.63) is 48.3 Å². The number of hydrogen-bond acceptors (Lipinski definition) is 4. The molecule has 5 heteroatoms. The van der Waals surface area contributed by atoms with E-state index in [1.807, 2.05) is 16.9 Å². The number of anilines is 1. The van der Waals surface area contributed by atoms with Gasteiger partial charge in [0.05, 0.1) is 13.2 Å². The van der Waals surface area contributed by atoms with Crippen LogP contribution in [0.4, 0.5) is 5.69 Å². The van der Waals surface area contributed by atoms with Gasteiger partial charge in [-0.05, 0) is 43.1 Å². The van der Waals surface area contributed by atoms with E-state index in [0.717, 1.165) is 25.1 Å². The molecule has 1 aromatic heterocycles. The maximum atomic E-state index is 5.57. The molecule has 1 heterocycles. The zero-order chi connectivity index (χ0) is 14.9. The lowest BCUT2D eigenvalue weighted by atomic mass is 10.1. The van der Waals surface area contributed by atoms with Crippen LogP contribution in [0.3, 0.4) is 0 Å². The van der Waals surface area contributed by atoms with Crippen LogP contribution in [0, 0.1) is 0 Å². The third-order valence-corrected chi connectivity index (χ3v) is 3.35. The molecule has 2 rings (SSSR count). The highest BCUT2D eigenvalue weighted by molar-refractivity contribution is 5.45. The second-order valence-electron chi connectivity index (χ2n) is 5.13. The third-order valence-electron chi connectivity index (χ3n) is 3.35. The molecule has 5 nitrogen and oxygen atoms in total. The lowest BCUT2D eigenvalue weighted by Gasteiger charge is -2.19. The van der Waals surface area contributed by atoms with Crippen LogP contribution >= 0.6 is 0 Å². The lowest BCUT2D eigenvalue weighted by Crippen LogP contribution is -2.25. The van der Waals surface area contributed by atoms with Gasteiger partial charge < -0.3 is 15.8 Å². The number of methoxy groups -OCH3 is 1. The molecule has 0 bridgehead atoms. The quantitative estimate of drug-likeness (QED) is 0.741. The molecular formula is C16H24N4O. The molecule has 3 N–H and O–H groups in total. The predicted molar refractivity (Wildman–Crippen MR) is 85.3 cm³/mol. The summed E-state index contributed by atoms with van der Waals surface area (Å²) in [6.45, 7) is 2.20. The Morgan fingerprint density at radius 1 is 1.33 bits per heavy atom. The number of rotatable bonds is 9. The van der Waals surface area contributed by atoms with Crippen molar-refractivity contribution in [1.82, 2.24) is 9.78 Å². The van der Waals surface area contributed by atoms with E-state index in [4.69, 9.17) is 10.5 Å². The molecule has 0 saturated carbocycles. The summed E-state index contributed by atoms with van der Waals surface area (Å²) in [6, 6.07) is 10.7. The minimum absolute atomic E-state index is 0.301. The summed E-state index contributed by atoms with van der Waals surface area (Å²) in [6.07, 6.45) is 5.77. The summed E-state index contributed by atoms with van der Waals surface area (Å²) in [7, 11) is 1.73. The van der Waals surface area contributed by atoms with E-state index < -0.39 is 0 Å². The fraction of sp³-hybridized carbons (Fsp3) is 0.438. The first-order valence-electron chi connectivity index (χ1n) is 7.33. The van der Waals surface area contributed by atoms with Gasteiger partial charge in [0.25, 0.3) is 0 Å². The summed E-state index contributed by atoms with van der Waals surface area (Å²) < 4.78 is 7.17. The molecule has 0 amide bonds. The molecule has 0 fully saturated rings. The van der Waals surface area contributed by atoms with Crippen molar-refractivity contribution in [1.29, 1.82) is 0 Å². The van der Waals surface area contributed by atoms with Crippen LogP contribution < -0.4 is 11.1 Å². The van der Waals surface area contributed by atoms with Crippen molar-refractivity contribution in [3.63, 3.8) is 0 Å². The molecule has 0 aliphatic rings. The average Bonchev–Trinajstić information content (AvgIpc) is 3.00. The van der Waals surface area contributed by atoms with Gasteiger partial charge in [0, 0.05) is 31.2 Å². The Morgan fingerprint density at radius 3 is 2.76 bits per heavy atom. The van der Waals surface area contributed by atoms with Crippen LogP contribution in [0.1, 0.15) is 18.4 Å². The summed E-state index contributed by atoms with van der Waals surface area (Å²) >= 11 is 0. The Kier molecular flexibility index (Phi) is 6.24. The van der Waals surface area contributed by atoms with E-state index in [2.05, 4.69) is 34.7 Å². The number of nitrogens with one attached hydrogen (secondary N) is 1. The van der Waals surface area contributed by atoms with Crippen molar-refractivity contribution in [2.75, 3.05) is 25.6 Å². The van der Waals surface area contributed by atoms with Crippen LogP contribution in [0.15, 0.2) is 42.7 Å². The highest BCUT2D eigenvalue weighted by Gasteiger charge is 2.07. The van der Waals surface area contributed by atoms with Crippen molar-refractivity contribution in [3.8, 4) is 0 Å². The van der Waals surface area contributed by atoms with E-state index in [9.17, 15) is 0 Å². The first kappa shape index (κ1) is 15.5. The highest BCUT2D eigenvalue weighted by atomic mass is 16.5. The Bertz CT molecular complexity index is 496. The molecule has 114 valence electrons. The van der Waals surface area contributed by atoms with Crippen molar-refractivity contribution >= 4 is 5.69 Å². The number of benzene rings is 1. The second kappa shape index (κ2) is 8.44. The van der Waals surface area contributed by atoms with Crippen molar-refractivity contribution in [2.24, 2.45) is 5.73 Å². The maximum Gasteiger partial charge on any atom is 0.0664 e. The highest BCUT2D eigenvalue weighted by Crippen LogP contribution is 2.13. The summed E-state index contributed by atoms with van der Waals surface area (Å²) in [4.78, 5) is 0. The van der Waals surface area contributed by atoms with Crippen LogP contribution in [0.25, 0.3) is 0 Å². The fourth-order valence-corrected chi connectivity index (χ4v) is 2.29. The molecule has 1 aromatic carbocycles. The van der Waals surface area contributed by atoms with E-state index in [1.54, 1.807) is 13.3 Å². The van der Waals surface area contributed by atoms with Crippen LogP contribution in [-0.4, -0.2) is 36.1 Å². The van der Waals surface area contributed by atoms with E-state index in [0.29, 0.717) is 19.2 Å². The summed E-state index contributed by atoms with van der Waals surface area (Å²) in [5.41, 5.74) is 7.91. The van der Waals surface area contributed by atoms with E-state index in [1.165, 1.54) is 5.56 Å². The molecule has 2 aromatic rings.